The van der Waals surface area contributed by atoms with Crippen molar-refractivity contribution in [2.45, 2.75) is 65.3 Å². The molecule has 0 aliphatic carbocycles. The Morgan fingerprint density at radius 3 is 2.42 bits per heavy atom. The van der Waals surface area contributed by atoms with E-state index in [1.807, 2.05) is 7.05 Å². The lowest BCUT2D eigenvalue weighted by molar-refractivity contribution is -0.121. The highest BCUT2D eigenvalue weighted by molar-refractivity contribution is 5.81. The minimum atomic E-state index is -0.0332. The Hall–Kier alpha value is -0.900. The number of ketones is 1. The fourth-order valence-electron chi connectivity index (χ4n) is 2.11. The number of carbonyl (C=O) groups is 2. The van der Waals surface area contributed by atoms with Crippen LogP contribution in [0, 0.1) is 5.92 Å². The first kappa shape index (κ1) is 18.1. The Bertz CT molecular complexity index is 267. The summed E-state index contributed by atoms with van der Waals surface area (Å²) in [6, 6.07) is -0.0332. The molecule has 2 atom stereocenters. The molecule has 0 aliphatic rings. The molecule has 1 amide bonds. The fraction of sp³-hybridized carbons (Fsp3) is 0.867. The van der Waals surface area contributed by atoms with Gasteiger partial charge in [-0.1, -0.05) is 20.3 Å². The van der Waals surface area contributed by atoms with Gasteiger partial charge in [-0.05, 0) is 45.6 Å². The number of nitrogens with one attached hydrogen (secondary N) is 2. The summed E-state index contributed by atoms with van der Waals surface area (Å²) in [6.45, 7) is 6.62. The molecule has 0 saturated heterocycles. The van der Waals surface area contributed by atoms with Gasteiger partial charge < -0.3 is 10.6 Å². The topological polar surface area (TPSA) is 58.2 Å². The van der Waals surface area contributed by atoms with E-state index in [0.717, 1.165) is 38.6 Å². The molecule has 0 heterocycles. The van der Waals surface area contributed by atoms with Crippen LogP contribution in [0.15, 0.2) is 0 Å². The molecule has 4 nitrogen and oxygen atoms in total. The van der Waals surface area contributed by atoms with Gasteiger partial charge in [0.05, 0.1) is 6.04 Å². The van der Waals surface area contributed by atoms with Gasteiger partial charge in [-0.3, -0.25) is 9.59 Å². The van der Waals surface area contributed by atoms with Crippen molar-refractivity contribution in [1.82, 2.24) is 10.6 Å². The molecule has 0 aromatic rings. The first-order valence-corrected chi connectivity index (χ1v) is 7.45. The van der Waals surface area contributed by atoms with Crippen LogP contribution < -0.4 is 10.6 Å². The standard InChI is InChI=1S/C15H30N2O2/c1-5-6-9-15(19)17-10-7-8-12(2)11-14(16-4)13(3)18/h12,14,16H,5-11H2,1-4H3,(H,17,19). The minimum Gasteiger partial charge on any atom is -0.356 e. The number of likely N-dealkylation sites (N-methyl/N-ethyl adjacent to an activating group) is 1. The highest BCUT2D eigenvalue weighted by atomic mass is 16.1. The van der Waals surface area contributed by atoms with Crippen LogP contribution in [0.1, 0.15) is 59.3 Å². The van der Waals surface area contributed by atoms with Crippen LogP contribution in [0.3, 0.4) is 0 Å². The van der Waals surface area contributed by atoms with Crippen molar-refractivity contribution < 1.29 is 9.59 Å². The van der Waals surface area contributed by atoms with E-state index < -0.39 is 0 Å². The minimum absolute atomic E-state index is 0.0332. The van der Waals surface area contributed by atoms with E-state index in [2.05, 4.69) is 24.5 Å². The number of hydrogen-bond donors (Lipinski definition) is 2. The third-order valence-corrected chi connectivity index (χ3v) is 3.43. The zero-order valence-corrected chi connectivity index (χ0v) is 12.9. The molecule has 0 aromatic heterocycles. The van der Waals surface area contributed by atoms with Crippen LogP contribution >= 0.6 is 0 Å². The molecule has 0 bridgehead atoms. The maximum absolute atomic E-state index is 11.4. The third-order valence-electron chi connectivity index (χ3n) is 3.43. The predicted octanol–water partition coefficient (Wildman–Crippen LogP) is 2.28. The number of amides is 1. The maximum Gasteiger partial charge on any atom is 0.219 e. The van der Waals surface area contributed by atoms with E-state index in [4.69, 9.17) is 0 Å². The van der Waals surface area contributed by atoms with Gasteiger partial charge in [-0.25, -0.2) is 0 Å². The first-order chi connectivity index (χ1) is 9.01. The Labute approximate surface area is 117 Å². The zero-order valence-electron chi connectivity index (χ0n) is 12.9. The van der Waals surface area contributed by atoms with Crippen molar-refractivity contribution in [3.05, 3.63) is 0 Å². The number of rotatable bonds is 11. The second-order valence-electron chi connectivity index (χ2n) is 5.39. The van der Waals surface area contributed by atoms with Gasteiger partial charge in [0, 0.05) is 13.0 Å². The summed E-state index contributed by atoms with van der Waals surface area (Å²) in [5.74, 6) is 0.849. The molecule has 0 saturated carbocycles. The highest BCUT2D eigenvalue weighted by Crippen LogP contribution is 2.13. The van der Waals surface area contributed by atoms with E-state index in [1.54, 1.807) is 6.92 Å². The van der Waals surface area contributed by atoms with Gasteiger partial charge in [-0.15, -0.1) is 0 Å². The molecule has 0 aliphatic heterocycles. The van der Waals surface area contributed by atoms with Crippen molar-refractivity contribution in [3.8, 4) is 0 Å². The molecule has 0 aromatic carbocycles. The molecule has 0 spiro atoms. The summed E-state index contributed by atoms with van der Waals surface area (Å²) in [4.78, 5) is 22.7. The quantitative estimate of drug-likeness (QED) is 0.566. The third kappa shape index (κ3) is 9.65. The van der Waals surface area contributed by atoms with E-state index in [1.165, 1.54) is 0 Å². The smallest absolute Gasteiger partial charge is 0.219 e. The van der Waals surface area contributed by atoms with Crippen molar-refractivity contribution in [2.75, 3.05) is 13.6 Å². The van der Waals surface area contributed by atoms with Crippen LogP contribution in [0.4, 0.5) is 0 Å². The summed E-state index contributed by atoms with van der Waals surface area (Å²) in [5, 5.41) is 5.99. The second kappa shape index (κ2) is 11.0. The second-order valence-corrected chi connectivity index (χ2v) is 5.39. The fourth-order valence-corrected chi connectivity index (χ4v) is 2.11. The van der Waals surface area contributed by atoms with Gasteiger partial charge in [0.25, 0.3) is 0 Å². The Morgan fingerprint density at radius 1 is 1.21 bits per heavy atom. The van der Waals surface area contributed by atoms with Crippen LogP contribution in [-0.4, -0.2) is 31.3 Å². The highest BCUT2D eigenvalue weighted by Gasteiger charge is 2.15. The Balaban J connectivity index is 3.65. The van der Waals surface area contributed by atoms with Crippen molar-refractivity contribution in [1.29, 1.82) is 0 Å². The number of carbonyl (C=O) groups excluding carboxylic acids is 2. The average molecular weight is 270 g/mol. The molecular formula is C15H30N2O2. The molecule has 0 fully saturated rings. The van der Waals surface area contributed by atoms with Gasteiger partial charge in [-0.2, -0.15) is 0 Å². The lowest BCUT2D eigenvalue weighted by atomic mass is 9.95. The SMILES string of the molecule is CCCCC(=O)NCCCC(C)CC(NC)C(C)=O. The number of unbranched alkanes of at least 4 members (excludes halogenated alkanes) is 1. The predicted molar refractivity (Wildman–Crippen MR) is 79.1 cm³/mol. The van der Waals surface area contributed by atoms with Gasteiger partial charge in [0.2, 0.25) is 5.91 Å². The molecule has 4 heteroatoms. The van der Waals surface area contributed by atoms with Crippen molar-refractivity contribution >= 4 is 11.7 Å². The summed E-state index contributed by atoms with van der Waals surface area (Å²) in [6.07, 6.45) is 5.55. The van der Waals surface area contributed by atoms with Crippen LogP contribution in [0.2, 0.25) is 0 Å². The van der Waals surface area contributed by atoms with Gasteiger partial charge in [0.1, 0.15) is 5.78 Å². The lowest BCUT2D eigenvalue weighted by Gasteiger charge is -2.18. The lowest BCUT2D eigenvalue weighted by Crippen LogP contribution is -2.34. The monoisotopic (exact) mass is 270 g/mol. The van der Waals surface area contributed by atoms with Crippen molar-refractivity contribution in [2.24, 2.45) is 5.92 Å². The van der Waals surface area contributed by atoms with E-state index in [9.17, 15) is 9.59 Å². The normalized spacial score (nSPS) is 13.9. The molecule has 19 heavy (non-hydrogen) atoms. The number of hydrogen-bond acceptors (Lipinski definition) is 3. The Kier molecular flexibility index (Phi) is 10.5. The van der Waals surface area contributed by atoms with Crippen molar-refractivity contribution in [3.63, 3.8) is 0 Å². The van der Waals surface area contributed by atoms with Crippen LogP contribution in [0.25, 0.3) is 0 Å². The molecule has 112 valence electrons. The van der Waals surface area contributed by atoms with E-state index >= 15 is 0 Å². The van der Waals surface area contributed by atoms with Gasteiger partial charge >= 0.3 is 0 Å². The van der Waals surface area contributed by atoms with Crippen LogP contribution in [-0.2, 0) is 9.59 Å². The van der Waals surface area contributed by atoms with Gasteiger partial charge in [0.15, 0.2) is 0 Å². The molecular weight excluding hydrogens is 240 g/mol. The van der Waals surface area contributed by atoms with E-state index in [-0.39, 0.29) is 17.7 Å². The zero-order chi connectivity index (χ0) is 14.7. The molecule has 2 unspecified atom stereocenters. The van der Waals surface area contributed by atoms with E-state index in [0.29, 0.717) is 12.3 Å². The number of Topliss-reactive ketones (excluding diaryl/α,β-unsaturated/α-hetero) is 1. The molecule has 0 radical (unpaired) electrons. The maximum atomic E-state index is 11.4. The summed E-state index contributed by atoms with van der Waals surface area (Å²) in [5.41, 5.74) is 0. The molecule has 2 N–H and O–H groups in total. The summed E-state index contributed by atoms with van der Waals surface area (Å²) < 4.78 is 0. The Morgan fingerprint density at radius 2 is 1.89 bits per heavy atom. The average Bonchev–Trinajstić information content (AvgIpc) is 2.38. The largest absolute Gasteiger partial charge is 0.356 e. The molecule has 0 rings (SSSR count). The van der Waals surface area contributed by atoms with Crippen LogP contribution in [0.5, 0.6) is 0 Å². The first-order valence-electron chi connectivity index (χ1n) is 7.45. The summed E-state index contributed by atoms with van der Waals surface area (Å²) >= 11 is 0. The summed E-state index contributed by atoms with van der Waals surface area (Å²) in [7, 11) is 1.83.